The van der Waals surface area contributed by atoms with Crippen LogP contribution in [-0.2, 0) is 5.41 Å². The normalized spacial score (nSPS) is 16.8. The van der Waals surface area contributed by atoms with Gasteiger partial charge in [-0.3, -0.25) is 9.97 Å². The summed E-state index contributed by atoms with van der Waals surface area (Å²) in [5.41, 5.74) is 7.65. The topological polar surface area (TPSA) is 72.0 Å². The van der Waals surface area contributed by atoms with Crippen molar-refractivity contribution in [2.75, 3.05) is 6.61 Å². The summed E-state index contributed by atoms with van der Waals surface area (Å²) >= 11 is 0. The summed E-state index contributed by atoms with van der Waals surface area (Å²) in [6.45, 7) is 6.14. The number of hydrogen-bond donors (Lipinski definition) is 2. The highest BCUT2D eigenvalue weighted by molar-refractivity contribution is 5.22. The molecule has 1 aromatic heterocycles. The minimum Gasteiger partial charge on any atom is -0.396 e. The first-order valence-corrected chi connectivity index (χ1v) is 5.70. The van der Waals surface area contributed by atoms with Crippen LogP contribution in [0.4, 0.5) is 0 Å². The van der Waals surface area contributed by atoms with Crippen molar-refractivity contribution in [1.29, 1.82) is 0 Å². The van der Waals surface area contributed by atoms with Gasteiger partial charge in [-0.15, -0.1) is 0 Å². The number of rotatable bonds is 5. The second-order valence-electron chi connectivity index (χ2n) is 4.40. The number of aromatic nitrogens is 2. The van der Waals surface area contributed by atoms with Gasteiger partial charge in [-0.2, -0.15) is 0 Å². The van der Waals surface area contributed by atoms with Crippen LogP contribution in [0.25, 0.3) is 0 Å². The maximum atomic E-state index is 9.19. The largest absolute Gasteiger partial charge is 0.396 e. The summed E-state index contributed by atoms with van der Waals surface area (Å²) in [5, 5.41) is 9.19. The van der Waals surface area contributed by atoms with E-state index in [2.05, 4.69) is 16.9 Å². The van der Waals surface area contributed by atoms with E-state index in [-0.39, 0.29) is 18.1 Å². The van der Waals surface area contributed by atoms with Crippen molar-refractivity contribution in [2.45, 2.75) is 45.1 Å². The van der Waals surface area contributed by atoms with Crippen LogP contribution >= 0.6 is 0 Å². The van der Waals surface area contributed by atoms with Gasteiger partial charge in [-0.05, 0) is 19.8 Å². The Balaban J connectivity index is 3.16. The lowest BCUT2D eigenvalue weighted by Gasteiger charge is -2.34. The molecule has 1 heterocycles. The highest BCUT2D eigenvalue weighted by atomic mass is 16.3. The second-order valence-corrected chi connectivity index (χ2v) is 4.40. The fraction of sp³-hybridized carbons (Fsp3) is 0.667. The first-order chi connectivity index (χ1) is 7.56. The minimum absolute atomic E-state index is 0.0185. The molecule has 0 radical (unpaired) electrons. The van der Waals surface area contributed by atoms with Gasteiger partial charge in [0.2, 0.25) is 0 Å². The Morgan fingerprint density at radius 1 is 1.44 bits per heavy atom. The third kappa shape index (κ3) is 2.39. The third-order valence-electron chi connectivity index (χ3n) is 3.31. The highest BCUT2D eigenvalue weighted by Crippen LogP contribution is 2.31. The molecule has 2 unspecified atom stereocenters. The molecule has 0 fully saturated rings. The summed E-state index contributed by atoms with van der Waals surface area (Å²) in [7, 11) is 0. The van der Waals surface area contributed by atoms with E-state index in [1.54, 1.807) is 12.4 Å². The van der Waals surface area contributed by atoms with Crippen LogP contribution < -0.4 is 5.73 Å². The van der Waals surface area contributed by atoms with E-state index in [0.29, 0.717) is 6.42 Å². The molecule has 16 heavy (non-hydrogen) atoms. The van der Waals surface area contributed by atoms with Crippen molar-refractivity contribution in [3.63, 3.8) is 0 Å². The second kappa shape index (κ2) is 5.37. The molecule has 2 atom stereocenters. The summed E-state index contributed by atoms with van der Waals surface area (Å²) in [6, 6.07) is -0.0185. The Bertz CT molecular complexity index is 343. The van der Waals surface area contributed by atoms with Gasteiger partial charge in [-0.25, -0.2) is 0 Å². The molecule has 0 aromatic carbocycles. The van der Waals surface area contributed by atoms with E-state index in [1.165, 1.54) is 0 Å². The fourth-order valence-electron chi connectivity index (χ4n) is 2.13. The first-order valence-electron chi connectivity index (χ1n) is 5.70. The molecule has 0 spiro atoms. The minimum atomic E-state index is -0.304. The molecule has 1 aromatic rings. The predicted octanol–water partition coefficient (Wildman–Crippen LogP) is 1.16. The molecule has 0 aliphatic rings. The van der Waals surface area contributed by atoms with E-state index in [4.69, 9.17) is 5.73 Å². The number of aryl methyl sites for hydroxylation is 1. The molecule has 0 amide bonds. The first kappa shape index (κ1) is 13.1. The average molecular weight is 223 g/mol. The standard InChI is InChI=1S/C12H21N3O/c1-4-10(13)12(3,5-8-16)11-9(2)14-6-7-15-11/h6-7,10,16H,4-5,8,13H2,1-3H3. The van der Waals surface area contributed by atoms with Gasteiger partial charge < -0.3 is 10.8 Å². The van der Waals surface area contributed by atoms with Gasteiger partial charge >= 0.3 is 0 Å². The molecular weight excluding hydrogens is 202 g/mol. The lowest BCUT2D eigenvalue weighted by molar-refractivity contribution is 0.219. The van der Waals surface area contributed by atoms with Crippen molar-refractivity contribution in [1.82, 2.24) is 9.97 Å². The smallest absolute Gasteiger partial charge is 0.0691 e. The molecule has 0 saturated heterocycles. The van der Waals surface area contributed by atoms with Gasteiger partial charge in [0.25, 0.3) is 0 Å². The Labute approximate surface area is 96.9 Å². The monoisotopic (exact) mass is 223 g/mol. The summed E-state index contributed by atoms with van der Waals surface area (Å²) in [4.78, 5) is 8.63. The van der Waals surface area contributed by atoms with Crippen LogP contribution in [0.15, 0.2) is 12.4 Å². The van der Waals surface area contributed by atoms with Crippen LogP contribution in [0.2, 0.25) is 0 Å². The average Bonchev–Trinajstić information content (AvgIpc) is 2.28. The van der Waals surface area contributed by atoms with E-state index >= 15 is 0 Å². The zero-order valence-electron chi connectivity index (χ0n) is 10.3. The summed E-state index contributed by atoms with van der Waals surface area (Å²) in [5.74, 6) is 0. The molecule has 90 valence electrons. The molecule has 0 bridgehead atoms. The lowest BCUT2D eigenvalue weighted by atomic mass is 9.75. The number of nitrogens with two attached hydrogens (primary N) is 1. The van der Waals surface area contributed by atoms with E-state index < -0.39 is 0 Å². The van der Waals surface area contributed by atoms with Crippen molar-refractivity contribution >= 4 is 0 Å². The molecule has 4 nitrogen and oxygen atoms in total. The third-order valence-corrected chi connectivity index (χ3v) is 3.31. The molecular formula is C12H21N3O. The number of nitrogens with zero attached hydrogens (tertiary/aromatic N) is 2. The predicted molar refractivity (Wildman–Crippen MR) is 64.1 cm³/mol. The number of aliphatic hydroxyl groups excluding tert-OH is 1. The van der Waals surface area contributed by atoms with Crippen molar-refractivity contribution in [2.24, 2.45) is 5.73 Å². The number of aliphatic hydroxyl groups is 1. The Morgan fingerprint density at radius 3 is 2.56 bits per heavy atom. The van der Waals surface area contributed by atoms with Gasteiger partial charge in [0.05, 0.1) is 11.4 Å². The molecule has 4 heteroatoms. The molecule has 3 N–H and O–H groups in total. The lowest BCUT2D eigenvalue weighted by Crippen LogP contribution is -2.44. The van der Waals surface area contributed by atoms with Crippen LogP contribution in [0.1, 0.15) is 38.1 Å². The van der Waals surface area contributed by atoms with Crippen LogP contribution in [0.5, 0.6) is 0 Å². The van der Waals surface area contributed by atoms with E-state index in [0.717, 1.165) is 17.8 Å². The number of hydrogen-bond acceptors (Lipinski definition) is 4. The molecule has 0 aliphatic carbocycles. The van der Waals surface area contributed by atoms with E-state index in [1.807, 2.05) is 13.8 Å². The van der Waals surface area contributed by atoms with Gasteiger partial charge in [-0.1, -0.05) is 13.8 Å². The Morgan fingerprint density at radius 2 is 2.06 bits per heavy atom. The van der Waals surface area contributed by atoms with Gasteiger partial charge in [0.15, 0.2) is 0 Å². The van der Waals surface area contributed by atoms with Gasteiger partial charge in [0.1, 0.15) is 0 Å². The maximum Gasteiger partial charge on any atom is 0.0691 e. The van der Waals surface area contributed by atoms with Crippen LogP contribution in [0.3, 0.4) is 0 Å². The molecule has 0 aliphatic heterocycles. The molecule has 1 rings (SSSR count). The Kier molecular flexibility index (Phi) is 4.38. The zero-order valence-corrected chi connectivity index (χ0v) is 10.3. The zero-order chi connectivity index (χ0) is 12.2. The van der Waals surface area contributed by atoms with Gasteiger partial charge in [0, 0.05) is 30.5 Å². The van der Waals surface area contributed by atoms with Crippen LogP contribution in [0, 0.1) is 6.92 Å². The van der Waals surface area contributed by atoms with Crippen molar-refractivity contribution < 1.29 is 5.11 Å². The summed E-state index contributed by atoms with van der Waals surface area (Å²) in [6.07, 6.45) is 4.82. The highest BCUT2D eigenvalue weighted by Gasteiger charge is 2.35. The van der Waals surface area contributed by atoms with Crippen molar-refractivity contribution in [3.05, 3.63) is 23.8 Å². The fourth-order valence-corrected chi connectivity index (χ4v) is 2.13. The van der Waals surface area contributed by atoms with Crippen LogP contribution in [-0.4, -0.2) is 27.7 Å². The summed E-state index contributed by atoms with van der Waals surface area (Å²) < 4.78 is 0. The Hall–Kier alpha value is -1.00. The SMILES string of the molecule is CCC(N)C(C)(CCO)c1nccnc1C. The van der Waals surface area contributed by atoms with E-state index in [9.17, 15) is 5.11 Å². The molecule has 0 saturated carbocycles. The maximum absolute atomic E-state index is 9.19. The quantitative estimate of drug-likeness (QED) is 0.785. The van der Waals surface area contributed by atoms with Crippen molar-refractivity contribution in [3.8, 4) is 0 Å².